The second kappa shape index (κ2) is 11.9. The number of hydrogen-bond donors (Lipinski definition) is 0. The molecule has 3 nitrogen and oxygen atoms in total. The Morgan fingerprint density at radius 2 is 1.31 bits per heavy atom. The van der Waals surface area contributed by atoms with Crippen LogP contribution in [-0.4, -0.2) is 26.9 Å². The van der Waals surface area contributed by atoms with Crippen molar-refractivity contribution in [3.63, 3.8) is 0 Å². The van der Waals surface area contributed by atoms with Crippen LogP contribution < -0.4 is 36.3 Å². The minimum Gasteiger partial charge on any atom is -0.365 e. The van der Waals surface area contributed by atoms with Gasteiger partial charge in [0.1, 0.15) is 0 Å². The molecule has 6 aromatic carbocycles. The molecule has 4 aliphatic rings. The molecule has 266 valence electrons. The molecule has 3 aliphatic heterocycles. The first-order chi connectivity index (χ1) is 26.3. The summed E-state index contributed by atoms with van der Waals surface area (Å²) in [6, 6.07) is 47.9. The summed E-state index contributed by atoms with van der Waals surface area (Å²) in [6.07, 6.45) is 5.23. The molecule has 0 N–H and O–H groups in total. The summed E-state index contributed by atoms with van der Waals surface area (Å²) in [5.41, 5.74) is 15.2. The standard InChI is InChI=1S/C48H46BN3SSi/c1-30(2)50-40-22-14-12-20-34(40)37-28-42-39(29-41(37)50)49-38-25-24-36-35-21-13-15-23-45(35)53-48(36)47(38)52(32-18-10-7-11-19-32)44-27-33(54(3,4)5)26-43(46(44)49)51(42)31-16-8-6-9-17-31/h6-11,13,15-19,21,23-30,34,40H,12,14,20,22H2,1-5H3. The summed E-state index contributed by atoms with van der Waals surface area (Å²) in [7, 11) is -1.78. The van der Waals surface area contributed by atoms with E-state index < -0.39 is 8.07 Å². The van der Waals surface area contributed by atoms with Crippen LogP contribution in [0.2, 0.25) is 19.6 Å². The van der Waals surface area contributed by atoms with Crippen molar-refractivity contribution in [2.45, 2.75) is 77.2 Å². The summed E-state index contributed by atoms with van der Waals surface area (Å²) < 4.78 is 2.73. The van der Waals surface area contributed by atoms with Crippen LogP contribution in [0.4, 0.5) is 39.8 Å². The Labute approximate surface area is 325 Å². The van der Waals surface area contributed by atoms with Gasteiger partial charge in [-0.15, -0.1) is 11.3 Å². The van der Waals surface area contributed by atoms with E-state index in [2.05, 4.69) is 170 Å². The normalized spacial score (nSPS) is 18.6. The van der Waals surface area contributed by atoms with Gasteiger partial charge >= 0.3 is 0 Å². The molecule has 1 saturated carbocycles. The van der Waals surface area contributed by atoms with E-state index >= 15 is 0 Å². The average molecular weight is 736 g/mol. The van der Waals surface area contributed by atoms with Crippen molar-refractivity contribution < 1.29 is 0 Å². The van der Waals surface area contributed by atoms with Crippen molar-refractivity contribution in [3.05, 3.63) is 127 Å². The zero-order valence-corrected chi connectivity index (χ0v) is 33.8. The molecule has 11 rings (SSSR count). The molecule has 6 heteroatoms. The first kappa shape index (κ1) is 32.6. The Kier molecular flexibility index (Phi) is 7.17. The van der Waals surface area contributed by atoms with Crippen molar-refractivity contribution in [1.29, 1.82) is 0 Å². The molecule has 1 aliphatic carbocycles. The van der Waals surface area contributed by atoms with E-state index in [0.717, 1.165) is 0 Å². The Balaban J connectivity index is 1.29. The van der Waals surface area contributed by atoms with Crippen LogP contribution >= 0.6 is 11.3 Å². The van der Waals surface area contributed by atoms with Crippen LogP contribution in [0.3, 0.4) is 0 Å². The van der Waals surface area contributed by atoms with Crippen molar-refractivity contribution in [3.8, 4) is 0 Å². The molecule has 7 aromatic rings. The fourth-order valence-electron chi connectivity index (χ4n) is 10.6. The summed E-state index contributed by atoms with van der Waals surface area (Å²) >= 11 is 1.96. The van der Waals surface area contributed by atoms with E-state index in [9.17, 15) is 0 Å². The van der Waals surface area contributed by atoms with Crippen molar-refractivity contribution >= 4 is 108 Å². The highest BCUT2D eigenvalue weighted by Gasteiger charge is 2.48. The Hall–Kier alpha value is -4.78. The number of hydrogen-bond acceptors (Lipinski definition) is 4. The molecule has 54 heavy (non-hydrogen) atoms. The van der Waals surface area contributed by atoms with Crippen LogP contribution in [0.5, 0.6) is 0 Å². The van der Waals surface area contributed by atoms with Crippen molar-refractivity contribution in [2.24, 2.45) is 0 Å². The topological polar surface area (TPSA) is 9.72 Å². The van der Waals surface area contributed by atoms with Gasteiger partial charge in [-0.2, -0.15) is 0 Å². The third kappa shape index (κ3) is 4.59. The minimum atomic E-state index is -1.78. The number of anilines is 7. The van der Waals surface area contributed by atoms with E-state index in [4.69, 9.17) is 0 Å². The van der Waals surface area contributed by atoms with E-state index in [0.29, 0.717) is 18.0 Å². The van der Waals surface area contributed by atoms with Crippen LogP contribution in [0.15, 0.2) is 121 Å². The Morgan fingerprint density at radius 3 is 2.04 bits per heavy atom. The second-order valence-corrected chi connectivity index (χ2v) is 23.5. The highest BCUT2D eigenvalue weighted by atomic mass is 32.1. The molecule has 2 atom stereocenters. The van der Waals surface area contributed by atoms with Gasteiger partial charge in [-0.05, 0) is 103 Å². The van der Waals surface area contributed by atoms with Gasteiger partial charge in [-0.25, -0.2) is 0 Å². The SMILES string of the molecule is CC(C)N1c2cc3c(cc2C2CCCCC21)N(c1ccccc1)c1cc([Si](C)(C)C)cc2c1B3c1ccc3c(sc4ccccc43)c1N2c1ccccc1. The monoisotopic (exact) mass is 735 g/mol. The minimum absolute atomic E-state index is 0.104. The quantitative estimate of drug-likeness (QED) is 0.167. The predicted molar refractivity (Wildman–Crippen MR) is 239 cm³/mol. The van der Waals surface area contributed by atoms with Gasteiger partial charge in [-0.3, -0.25) is 0 Å². The number of para-hydroxylation sites is 2. The van der Waals surface area contributed by atoms with Crippen molar-refractivity contribution in [1.82, 2.24) is 0 Å². The summed E-state index contributed by atoms with van der Waals surface area (Å²) in [5.74, 6) is 0.592. The number of benzene rings is 6. The van der Waals surface area contributed by atoms with Gasteiger partial charge in [0.2, 0.25) is 0 Å². The Bertz CT molecular complexity index is 2630. The highest BCUT2D eigenvalue weighted by molar-refractivity contribution is 7.26. The maximum atomic E-state index is 2.81. The molecule has 1 aromatic heterocycles. The number of fused-ring (bicyclic) bond motifs is 11. The van der Waals surface area contributed by atoms with Crippen LogP contribution in [0.25, 0.3) is 20.2 Å². The molecular weight excluding hydrogens is 690 g/mol. The van der Waals surface area contributed by atoms with Crippen LogP contribution in [0, 0.1) is 0 Å². The lowest BCUT2D eigenvalue weighted by atomic mass is 9.33. The molecule has 0 amide bonds. The zero-order valence-electron chi connectivity index (χ0n) is 31.9. The van der Waals surface area contributed by atoms with Gasteiger partial charge < -0.3 is 14.7 Å². The van der Waals surface area contributed by atoms with Crippen molar-refractivity contribution in [2.75, 3.05) is 14.7 Å². The lowest BCUT2D eigenvalue weighted by Gasteiger charge is -2.45. The summed E-state index contributed by atoms with van der Waals surface area (Å²) in [6.45, 7) is 12.4. The highest BCUT2D eigenvalue weighted by Crippen LogP contribution is 2.53. The van der Waals surface area contributed by atoms with Gasteiger partial charge in [0.15, 0.2) is 0 Å². The fraction of sp³-hybridized carbons (Fsp3) is 0.250. The number of rotatable bonds is 4. The Morgan fingerprint density at radius 1 is 0.648 bits per heavy atom. The van der Waals surface area contributed by atoms with Gasteiger partial charge in [0, 0.05) is 67.6 Å². The molecular formula is C48H46BN3SSi. The molecule has 1 fully saturated rings. The molecule has 0 radical (unpaired) electrons. The van der Waals surface area contributed by atoms with E-state index in [1.165, 1.54) is 107 Å². The number of thiophene rings is 1. The maximum absolute atomic E-state index is 2.81. The average Bonchev–Trinajstić information content (AvgIpc) is 3.73. The number of nitrogens with zero attached hydrogens (tertiary/aromatic N) is 3. The molecule has 4 heterocycles. The summed E-state index contributed by atoms with van der Waals surface area (Å²) in [4.78, 5) is 8.10. The first-order valence-electron chi connectivity index (χ1n) is 20.1. The lowest BCUT2D eigenvalue weighted by molar-refractivity contribution is 0.375. The van der Waals surface area contributed by atoms with E-state index in [-0.39, 0.29) is 6.71 Å². The van der Waals surface area contributed by atoms with E-state index in [1.807, 2.05) is 11.3 Å². The zero-order chi connectivity index (χ0) is 36.5. The maximum Gasteiger partial charge on any atom is 0.252 e. The van der Waals surface area contributed by atoms with E-state index in [1.54, 1.807) is 5.56 Å². The largest absolute Gasteiger partial charge is 0.365 e. The molecule has 0 bridgehead atoms. The molecule has 0 saturated heterocycles. The smallest absolute Gasteiger partial charge is 0.252 e. The van der Waals surface area contributed by atoms with Crippen LogP contribution in [-0.2, 0) is 0 Å². The van der Waals surface area contributed by atoms with Gasteiger partial charge in [0.05, 0.1) is 18.5 Å². The van der Waals surface area contributed by atoms with Gasteiger partial charge in [-0.1, -0.05) is 104 Å². The first-order valence-corrected chi connectivity index (χ1v) is 24.4. The lowest BCUT2D eigenvalue weighted by Crippen LogP contribution is -2.62. The van der Waals surface area contributed by atoms with Gasteiger partial charge in [0.25, 0.3) is 6.71 Å². The third-order valence-corrected chi connectivity index (χ3v) is 16.2. The molecule has 0 spiro atoms. The van der Waals surface area contributed by atoms with Crippen LogP contribution in [0.1, 0.15) is 51.0 Å². The second-order valence-electron chi connectivity index (χ2n) is 17.4. The third-order valence-electron chi connectivity index (χ3n) is 12.9. The molecule has 2 unspecified atom stereocenters. The predicted octanol–water partition coefficient (Wildman–Crippen LogP) is 10.9. The fourth-order valence-corrected chi connectivity index (χ4v) is 13.0. The summed E-state index contributed by atoms with van der Waals surface area (Å²) in [5, 5.41) is 4.20.